The second-order valence-corrected chi connectivity index (χ2v) is 8.69. The number of thiophene rings is 1. The SMILES string of the molecule is CC(CNCCc1cccs1)NS(=O)(=O)c1ccc2cnccc2c1. The van der Waals surface area contributed by atoms with Gasteiger partial charge in [0.1, 0.15) is 0 Å². The van der Waals surface area contributed by atoms with Crippen LogP contribution < -0.4 is 10.0 Å². The Balaban J connectivity index is 1.56. The summed E-state index contributed by atoms with van der Waals surface area (Å²) in [5, 5.41) is 7.14. The summed E-state index contributed by atoms with van der Waals surface area (Å²) < 4.78 is 27.8. The monoisotopic (exact) mass is 375 g/mol. The molecule has 25 heavy (non-hydrogen) atoms. The van der Waals surface area contributed by atoms with E-state index < -0.39 is 10.0 Å². The van der Waals surface area contributed by atoms with Crippen molar-refractivity contribution in [2.24, 2.45) is 0 Å². The number of pyridine rings is 1. The van der Waals surface area contributed by atoms with Crippen molar-refractivity contribution >= 4 is 32.1 Å². The lowest BCUT2D eigenvalue weighted by atomic mass is 10.2. The highest BCUT2D eigenvalue weighted by atomic mass is 32.2. The summed E-state index contributed by atoms with van der Waals surface area (Å²) in [5.74, 6) is 0. The maximum atomic E-state index is 12.6. The molecule has 0 aliphatic carbocycles. The molecule has 0 radical (unpaired) electrons. The number of nitrogens with one attached hydrogen (secondary N) is 2. The van der Waals surface area contributed by atoms with Gasteiger partial charge in [-0.15, -0.1) is 11.3 Å². The number of rotatable bonds is 8. The largest absolute Gasteiger partial charge is 0.315 e. The average molecular weight is 376 g/mol. The van der Waals surface area contributed by atoms with Gasteiger partial charge in [0, 0.05) is 41.8 Å². The minimum absolute atomic E-state index is 0.193. The zero-order chi connectivity index (χ0) is 17.7. The van der Waals surface area contributed by atoms with Crippen LogP contribution in [0, 0.1) is 0 Å². The van der Waals surface area contributed by atoms with Crippen LogP contribution in [-0.4, -0.2) is 32.5 Å². The van der Waals surface area contributed by atoms with Crippen LogP contribution in [0.15, 0.2) is 59.1 Å². The first-order valence-corrected chi connectivity index (χ1v) is 10.5. The molecule has 1 aromatic carbocycles. The Kier molecular flexibility index (Phi) is 5.80. The maximum Gasteiger partial charge on any atom is 0.240 e. The van der Waals surface area contributed by atoms with Gasteiger partial charge >= 0.3 is 0 Å². The Morgan fingerprint density at radius 2 is 2.08 bits per heavy atom. The van der Waals surface area contributed by atoms with Crippen molar-refractivity contribution in [3.63, 3.8) is 0 Å². The van der Waals surface area contributed by atoms with Crippen LogP contribution in [0.5, 0.6) is 0 Å². The standard InChI is InChI=1S/C18H21N3O2S2/c1-14(12-19-9-7-17-3-2-10-24-17)21-25(22,23)18-5-4-16-13-20-8-6-15(16)11-18/h2-6,8,10-11,13-14,19,21H,7,9,12H2,1H3. The van der Waals surface area contributed by atoms with E-state index in [-0.39, 0.29) is 10.9 Å². The van der Waals surface area contributed by atoms with E-state index in [0.29, 0.717) is 6.54 Å². The minimum Gasteiger partial charge on any atom is -0.315 e. The molecule has 1 unspecified atom stereocenters. The van der Waals surface area contributed by atoms with Crippen LogP contribution in [0.2, 0.25) is 0 Å². The molecule has 0 saturated heterocycles. The van der Waals surface area contributed by atoms with E-state index in [9.17, 15) is 8.42 Å². The number of nitrogens with zero attached hydrogens (tertiary/aromatic N) is 1. The Bertz CT molecular complexity index is 924. The number of hydrogen-bond donors (Lipinski definition) is 2. The summed E-state index contributed by atoms with van der Waals surface area (Å²) in [7, 11) is -3.54. The van der Waals surface area contributed by atoms with Gasteiger partial charge in [0.25, 0.3) is 0 Å². The van der Waals surface area contributed by atoms with E-state index in [1.54, 1.807) is 41.9 Å². The Morgan fingerprint density at radius 1 is 1.20 bits per heavy atom. The second-order valence-electron chi connectivity index (χ2n) is 5.94. The summed E-state index contributed by atoms with van der Waals surface area (Å²) in [6, 6.07) is 10.8. The molecular formula is C18H21N3O2S2. The molecule has 0 amide bonds. The van der Waals surface area contributed by atoms with Crippen LogP contribution in [-0.2, 0) is 16.4 Å². The molecule has 5 nitrogen and oxygen atoms in total. The number of aromatic nitrogens is 1. The third-order valence-electron chi connectivity index (χ3n) is 3.86. The summed E-state index contributed by atoms with van der Waals surface area (Å²) >= 11 is 1.73. The molecule has 3 aromatic rings. The minimum atomic E-state index is -3.54. The predicted molar refractivity (Wildman–Crippen MR) is 102 cm³/mol. The van der Waals surface area contributed by atoms with Crippen molar-refractivity contribution in [3.05, 3.63) is 59.0 Å². The van der Waals surface area contributed by atoms with Gasteiger partial charge in [-0.2, -0.15) is 0 Å². The van der Waals surface area contributed by atoms with Crippen LogP contribution in [0.1, 0.15) is 11.8 Å². The van der Waals surface area contributed by atoms with Gasteiger partial charge in [-0.3, -0.25) is 4.98 Å². The summed E-state index contributed by atoms with van der Waals surface area (Å²) in [6.45, 7) is 3.28. The highest BCUT2D eigenvalue weighted by Crippen LogP contribution is 2.18. The number of sulfonamides is 1. The van der Waals surface area contributed by atoms with Crippen LogP contribution in [0.25, 0.3) is 10.8 Å². The maximum absolute atomic E-state index is 12.6. The zero-order valence-corrected chi connectivity index (χ0v) is 15.6. The first-order valence-electron chi connectivity index (χ1n) is 8.14. The number of benzene rings is 1. The average Bonchev–Trinajstić information content (AvgIpc) is 3.11. The fraction of sp³-hybridized carbons (Fsp3) is 0.278. The molecule has 1 atom stereocenters. The molecular weight excluding hydrogens is 354 g/mol. The molecule has 7 heteroatoms. The van der Waals surface area contributed by atoms with E-state index >= 15 is 0 Å². The van der Waals surface area contributed by atoms with Crippen LogP contribution in [0.4, 0.5) is 0 Å². The Hall–Kier alpha value is -1.80. The molecule has 0 bridgehead atoms. The zero-order valence-electron chi connectivity index (χ0n) is 14.0. The highest BCUT2D eigenvalue weighted by molar-refractivity contribution is 7.89. The molecule has 132 valence electrons. The molecule has 2 N–H and O–H groups in total. The van der Waals surface area contributed by atoms with E-state index in [1.807, 2.05) is 19.1 Å². The van der Waals surface area contributed by atoms with Gasteiger partial charge in [-0.05, 0) is 48.4 Å². The number of hydrogen-bond acceptors (Lipinski definition) is 5. The van der Waals surface area contributed by atoms with Gasteiger partial charge in [-0.25, -0.2) is 13.1 Å². The quantitative estimate of drug-likeness (QED) is 0.594. The second kappa shape index (κ2) is 8.05. The molecule has 0 saturated carbocycles. The van der Waals surface area contributed by atoms with E-state index in [2.05, 4.69) is 26.5 Å². The predicted octanol–water partition coefficient (Wildman–Crippen LogP) is 2.80. The molecule has 2 heterocycles. The number of fused-ring (bicyclic) bond motifs is 1. The Labute approximate surface area is 152 Å². The van der Waals surface area contributed by atoms with Crippen molar-refractivity contribution in [1.29, 1.82) is 0 Å². The first-order chi connectivity index (χ1) is 12.0. The third kappa shape index (κ3) is 4.85. The molecule has 3 rings (SSSR count). The normalized spacial score (nSPS) is 13.2. The molecule has 0 aliphatic rings. The lowest BCUT2D eigenvalue weighted by Gasteiger charge is -2.15. The summed E-state index contributed by atoms with van der Waals surface area (Å²) in [6.07, 6.45) is 4.33. The van der Waals surface area contributed by atoms with Gasteiger partial charge in [-0.1, -0.05) is 12.1 Å². The fourth-order valence-electron chi connectivity index (χ4n) is 2.59. The van der Waals surface area contributed by atoms with E-state index in [0.717, 1.165) is 23.7 Å². The van der Waals surface area contributed by atoms with Gasteiger partial charge in [0.05, 0.1) is 4.90 Å². The summed E-state index contributed by atoms with van der Waals surface area (Å²) in [5.41, 5.74) is 0. The molecule has 0 aliphatic heterocycles. The van der Waals surface area contributed by atoms with Crippen molar-refractivity contribution in [1.82, 2.24) is 15.0 Å². The topological polar surface area (TPSA) is 71.1 Å². The van der Waals surface area contributed by atoms with E-state index in [4.69, 9.17) is 0 Å². The van der Waals surface area contributed by atoms with Crippen molar-refractivity contribution in [2.45, 2.75) is 24.3 Å². The van der Waals surface area contributed by atoms with Gasteiger partial charge < -0.3 is 5.32 Å². The third-order valence-corrected chi connectivity index (χ3v) is 6.38. The lowest BCUT2D eigenvalue weighted by molar-refractivity contribution is 0.538. The molecule has 0 fully saturated rings. The van der Waals surface area contributed by atoms with E-state index in [1.165, 1.54) is 4.88 Å². The van der Waals surface area contributed by atoms with Crippen molar-refractivity contribution < 1.29 is 8.42 Å². The lowest BCUT2D eigenvalue weighted by Crippen LogP contribution is -2.40. The van der Waals surface area contributed by atoms with Crippen molar-refractivity contribution in [2.75, 3.05) is 13.1 Å². The summed E-state index contributed by atoms with van der Waals surface area (Å²) in [4.78, 5) is 5.64. The van der Waals surface area contributed by atoms with Crippen molar-refractivity contribution in [3.8, 4) is 0 Å². The fourth-order valence-corrected chi connectivity index (χ4v) is 4.58. The Morgan fingerprint density at radius 3 is 2.88 bits per heavy atom. The first kappa shape index (κ1) is 18.0. The van der Waals surface area contributed by atoms with Crippen LogP contribution in [0.3, 0.4) is 0 Å². The van der Waals surface area contributed by atoms with Gasteiger partial charge in [0.15, 0.2) is 0 Å². The highest BCUT2D eigenvalue weighted by Gasteiger charge is 2.17. The molecule has 0 spiro atoms. The smallest absolute Gasteiger partial charge is 0.240 e. The molecule has 2 aromatic heterocycles. The van der Waals surface area contributed by atoms with Gasteiger partial charge in [0.2, 0.25) is 10.0 Å². The van der Waals surface area contributed by atoms with Crippen LogP contribution >= 0.6 is 11.3 Å².